The molecular weight excluding hydrogens is 1240 g/mol. The minimum Gasteiger partial charge on any atom is -0.508 e. The number of benzene rings is 5. The molecule has 2 heterocycles. The number of halogens is 6. The van der Waals surface area contributed by atoms with Gasteiger partial charge in [-0.05, 0) is 228 Å². The summed E-state index contributed by atoms with van der Waals surface area (Å²) in [6.07, 6.45) is 10.7. The van der Waals surface area contributed by atoms with Crippen molar-refractivity contribution in [3.63, 3.8) is 0 Å². The number of aromatic nitrogens is 1. The number of para-hydroxylation sites is 1. The Hall–Kier alpha value is -6.52. The number of phenolic OH excluding ortho intramolecular Hbond substituents is 1. The number of phenols is 2. The third-order valence-electron chi connectivity index (χ3n) is 18.4. The van der Waals surface area contributed by atoms with Crippen molar-refractivity contribution in [2.75, 3.05) is 48.3 Å². The number of rotatable bonds is 24. The summed E-state index contributed by atoms with van der Waals surface area (Å²) in [7, 11) is -0.898. The predicted molar refractivity (Wildman–Crippen MR) is 349 cm³/mol. The van der Waals surface area contributed by atoms with Crippen molar-refractivity contribution in [2.45, 2.75) is 152 Å². The number of carbonyl (C=O) groups is 1. The Labute approximate surface area is 538 Å². The number of azo groups is 1. The number of aromatic carboxylic acids is 1. The van der Waals surface area contributed by atoms with Crippen molar-refractivity contribution in [2.24, 2.45) is 33.4 Å². The van der Waals surface area contributed by atoms with E-state index in [9.17, 15) is 54.7 Å². The van der Waals surface area contributed by atoms with Gasteiger partial charge in [-0.1, -0.05) is 93.4 Å². The van der Waals surface area contributed by atoms with E-state index in [1.54, 1.807) is 12.1 Å². The van der Waals surface area contributed by atoms with Crippen LogP contribution in [0.15, 0.2) is 143 Å². The number of aliphatic hydroxyl groups is 1. The summed E-state index contributed by atoms with van der Waals surface area (Å²) in [6.45, 7) is 4.41. The number of aliphatic hydroxyl groups excluding tert-OH is 1. The summed E-state index contributed by atoms with van der Waals surface area (Å²) in [4.78, 5) is 19.6. The number of nitrogens with one attached hydrogen (secondary N) is 1. The number of aryl methyl sites for hydroxylation is 2. The lowest BCUT2D eigenvalue weighted by Crippen LogP contribution is -2.47. The van der Waals surface area contributed by atoms with E-state index in [0.717, 1.165) is 114 Å². The lowest BCUT2D eigenvalue weighted by molar-refractivity contribution is -0.284. The highest BCUT2D eigenvalue weighted by molar-refractivity contribution is 7.92. The molecule has 4 aliphatic rings. The van der Waals surface area contributed by atoms with E-state index in [4.69, 9.17) is 16.7 Å². The molecule has 1 aliphatic heterocycles. The van der Waals surface area contributed by atoms with Crippen LogP contribution in [0.4, 0.5) is 50.5 Å². The Morgan fingerprint density at radius 3 is 2.14 bits per heavy atom. The second-order valence-electron chi connectivity index (χ2n) is 24.9. The predicted octanol–water partition coefficient (Wildman–Crippen LogP) is 16.9. The van der Waals surface area contributed by atoms with Gasteiger partial charge in [-0.3, -0.25) is 8.93 Å². The molecule has 0 radical (unpaired) electrons. The summed E-state index contributed by atoms with van der Waals surface area (Å²) in [5, 5.41) is 48.1. The molecule has 0 bridgehead atoms. The van der Waals surface area contributed by atoms with Crippen LogP contribution in [0.5, 0.6) is 11.5 Å². The third kappa shape index (κ3) is 18.8. The van der Waals surface area contributed by atoms with Crippen LogP contribution in [0.25, 0.3) is 0 Å². The fourth-order valence-corrected chi connectivity index (χ4v) is 16.0. The summed E-state index contributed by atoms with van der Waals surface area (Å²) in [5.74, 6) is -3.37. The lowest BCUT2D eigenvalue weighted by Gasteiger charge is -2.53. The van der Waals surface area contributed by atoms with Gasteiger partial charge in [-0.2, -0.15) is 32.2 Å². The Kier molecular flexibility index (Phi) is 24.6. The van der Waals surface area contributed by atoms with Gasteiger partial charge >= 0.3 is 18.1 Å². The number of aromatic hydroxyl groups is 2. The number of anilines is 3. The average Bonchev–Trinajstić information content (AvgIpc) is 1.69. The summed E-state index contributed by atoms with van der Waals surface area (Å²) in [5.41, 5.74) is 8.45. The number of fused-ring (bicyclic) bond motifs is 7. The normalized spacial score (nSPS) is 20.6. The summed E-state index contributed by atoms with van der Waals surface area (Å²) < 4.78 is 102. The number of carboxylic acids is 1. The number of pyridine rings is 1. The Morgan fingerprint density at radius 1 is 0.769 bits per heavy atom. The van der Waals surface area contributed by atoms with Gasteiger partial charge in [0, 0.05) is 57.9 Å². The molecule has 22 heteroatoms. The molecule has 0 saturated heterocycles. The molecule has 0 amide bonds. The number of carboxylic acid groups (broad SMARTS) is 1. The molecule has 6 aromatic rings. The van der Waals surface area contributed by atoms with E-state index in [1.165, 1.54) is 88.4 Å². The van der Waals surface area contributed by atoms with Crippen LogP contribution >= 0.6 is 11.6 Å². The molecular formula is C69H84ClF5N6O8S2. The third-order valence-corrected chi connectivity index (χ3v) is 21.5. The molecule has 91 heavy (non-hydrogen) atoms. The van der Waals surface area contributed by atoms with Crippen molar-refractivity contribution in [3.8, 4) is 11.5 Å². The van der Waals surface area contributed by atoms with E-state index in [-0.39, 0.29) is 45.0 Å². The van der Waals surface area contributed by atoms with Crippen LogP contribution in [0.3, 0.4) is 0 Å². The van der Waals surface area contributed by atoms with Crippen molar-refractivity contribution in [1.82, 2.24) is 9.88 Å². The maximum atomic E-state index is 13.0. The summed E-state index contributed by atoms with van der Waals surface area (Å²) >= 11 is 6.27. The first kappa shape index (κ1) is 70.4. The first-order chi connectivity index (χ1) is 43.3. The first-order valence-electron chi connectivity index (χ1n) is 31.4. The Balaban J connectivity index is 0.000000186. The second kappa shape index (κ2) is 31.9. The number of hydrogen-bond donors (Lipinski definition) is 5. The highest BCUT2D eigenvalue weighted by Gasteiger charge is 2.57. The van der Waals surface area contributed by atoms with E-state index in [1.807, 2.05) is 18.2 Å². The van der Waals surface area contributed by atoms with Gasteiger partial charge in [0.05, 0.1) is 22.4 Å². The van der Waals surface area contributed by atoms with Crippen LogP contribution < -0.4 is 9.62 Å². The fraction of sp³-hybridized carbons (Fsp3) is 0.478. The molecule has 7 atom stereocenters. The topological polar surface area (TPSA) is 205 Å². The average molecular weight is 1320 g/mol. The molecule has 14 nitrogen and oxygen atoms in total. The standard InChI is InChI=1S/C32H47F5O3S.C19H23ClN2.C18H14N4O5S/c1-30-17-15-26-25-12-11-24(38)21-23(25)20-22(29(26)27(30)13-14-28(30)39)10-7-5-3-2-4-6-8-18-41(40)19-9-16-31(33,34)32(35,36)37;1-21(2)12-5-13-22-18-7-4-3-6-15(18)8-9-16-10-11-17(20)14-19(16)22;23-16-9-6-13(11-15(16)18(24)25)21-20-12-4-7-14(8-5-12)28(26,27)22-17-3-1-2-10-19-17/h11-12,21-22,26-29,38-39H,2-10,13-20H2,1H3;3-4,6-7,10-11,14H,5,8-9,12-13H2,1-2H3;1-11,23H,(H,19,22)(H,24,25)/t22-,26-,27+,28+,29-,30+,41?;;/m1../s1. The molecule has 5 aromatic carbocycles. The van der Waals surface area contributed by atoms with Gasteiger partial charge in [-0.15, -0.1) is 0 Å². The summed E-state index contributed by atoms with van der Waals surface area (Å²) in [6, 6.07) is 35.3. The van der Waals surface area contributed by atoms with Crippen molar-refractivity contribution in [1.29, 1.82) is 0 Å². The number of unbranched alkanes of at least 4 members (excludes halogenated alkanes) is 6. The minimum absolute atomic E-state index is 0.0195. The number of nitrogens with zero attached hydrogens (tertiary/aromatic N) is 5. The van der Waals surface area contributed by atoms with Gasteiger partial charge in [-0.25, -0.2) is 18.2 Å². The Morgan fingerprint density at radius 2 is 1.44 bits per heavy atom. The first-order valence-corrected chi connectivity index (χ1v) is 34.8. The molecule has 492 valence electrons. The lowest BCUT2D eigenvalue weighted by atomic mass is 9.52. The van der Waals surface area contributed by atoms with Gasteiger partial charge in [0.25, 0.3) is 10.0 Å². The van der Waals surface area contributed by atoms with Crippen LogP contribution in [-0.4, -0.2) is 106 Å². The minimum atomic E-state index is -5.54. The molecule has 10 rings (SSSR count). The van der Waals surface area contributed by atoms with Crippen molar-refractivity contribution < 1.29 is 59.8 Å². The van der Waals surface area contributed by atoms with Crippen molar-refractivity contribution in [3.05, 3.63) is 160 Å². The molecule has 3 aliphatic carbocycles. The van der Waals surface area contributed by atoms with Crippen LogP contribution in [0.1, 0.15) is 142 Å². The molecule has 1 aromatic heterocycles. The monoisotopic (exact) mass is 1320 g/mol. The zero-order valence-corrected chi connectivity index (χ0v) is 54.2. The number of alkyl halides is 5. The largest absolute Gasteiger partial charge is 0.508 e. The van der Waals surface area contributed by atoms with Gasteiger partial charge in [0.2, 0.25) is 0 Å². The van der Waals surface area contributed by atoms with E-state index in [2.05, 4.69) is 93.2 Å². The smallest absolute Gasteiger partial charge is 0.453 e. The Bertz CT molecular complexity index is 3550. The fourth-order valence-electron chi connectivity index (χ4n) is 13.6. The van der Waals surface area contributed by atoms with Gasteiger partial charge < -0.3 is 30.2 Å². The maximum Gasteiger partial charge on any atom is 0.453 e. The van der Waals surface area contributed by atoms with Gasteiger partial charge in [0.15, 0.2) is 0 Å². The van der Waals surface area contributed by atoms with Crippen LogP contribution in [-0.2, 0) is 40.1 Å². The number of sulfonamides is 1. The molecule has 0 spiro atoms. The number of hydrogen-bond acceptors (Lipinski definition) is 12. The molecule has 2 fully saturated rings. The highest BCUT2D eigenvalue weighted by Crippen LogP contribution is 2.63. The molecule has 5 N–H and O–H groups in total. The quantitative estimate of drug-likeness (QED) is 0.0219. The van der Waals surface area contributed by atoms with Gasteiger partial charge in [0.1, 0.15) is 22.9 Å². The zero-order valence-electron chi connectivity index (χ0n) is 51.8. The SMILES string of the molecule is CN(C)CCCN1c2ccccc2CCc2ccc(Cl)cc21.C[C@]12CC[C@@H]3c4ccc(O)cc4C[C@@H](CCCCCCCCCS(=O)CCCC(F)(F)C(F)(F)F)[C@H]3[C@@H]1CC[C@@H]2O.O=C(O)c1cc(N=Nc2ccc(S(=O)(=O)Nc3ccccn3)cc2)ccc1O. The highest BCUT2D eigenvalue weighted by atomic mass is 35.5. The second-order valence-corrected chi connectivity index (χ2v) is 28.7. The van der Waals surface area contributed by atoms with Crippen LogP contribution in [0, 0.1) is 23.2 Å². The molecule has 1 unspecified atom stereocenters. The van der Waals surface area contributed by atoms with E-state index >= 15 is 0 Å². The maximum absolute atomic E-state index is 13.0. The van der Waals surface area contributed by atoms with Crippen LogP contribution in [0.2, 0.25) is 5.02 Å². The van der Waals surface area contributed by atoms with Crippen molar-refractivity contribution >= 4 is 67.0 Å². The van der Waals surface area contributed by atoms with E-state index in [0.29, 0.717) is 47.3 Å². The zero-order chi connectivity index (χ0) is 65.5. The van der Waals surface area contributed by atoms with E-state index < -0.39 is 51.7 Å². The molecule has 2 saturated carbocycles.